The lowest BCUT2D eigenvalue weighted by Crippen LogP contribution is -2.36. The highest BCUT2D eigenvalue weighted by molar-refractivity contribution is 6.08. The van der Waals surface area contributed by atoms with E-state index in [0.717, 1.165) is 17.5 Å². The maximum absolute atomic E-state index is 12.0. The standard InChI is InChI=1S/C12H13NO2/c1-12(7-8-14)9-5-3-4-6-10(9)13(2)11(12)15/h3-6,8H,7H2,1-2H3/t12-/m1/s1. The minimum absolute atomic E-state index is 0.00389. The van der Waals surface area contributed by atoms with Crippen LogP contribution in [0.4, 0.5) is 5.69 Å². The second-order valence-corrected chi connectivity index (χ2v) is 4.08. The van der Waals surface area contributed by atoms with Gasteiger partial charge in [-0.3, -0.25) is 4.79 Å². The van der Waals surface area contributed by atoms with Gasteiger partial charge in [0.15, 0.2) is 0 Å². The molecule has 0 aliphatic carbocycles. The number of rotatable bonds is 2. The number of para-hydroxylation sites is 1. The summed E-state index contributed by atoms with van der Waals surface area (Å²) >= 11 is 0. The van der Waals surface area contributed by atoms with Crippen molar-refractivity contribution in [1.29, 1.82) is 0 Å². The van der Waals surface area contributed by atoms with E-state index in [1.165, 1.54) is 0 Å². The van der Waals surface area contributed by atoms with Crippen LogP contribution in [0.2, 0.25) is 0 Å². The van der Waals surface area contributed by atoms with Gasteiger partial charge in [-0.1, -0.05) is 18.2 Å². The summed E-state index contributed by atoms with van der Waals surface area (Å²) in [5, 5.41) is 0. The molecule has 0 N–H and O–H groups in total. The van der Waals surface area contributed by atoms with E-state index in [2.05, 4.69) is 0 Å². The third kappa shape index (κ3) is 1.19. The molecule has 0 fully saturated rings. The number of likely N-dealkylation sites (N-methyl/N-ethyl adjacent to an activating group) is 1. The van der Waals surface area contributed by atoms with Crippen molar-refractivity contribution in [2.45, 2.75) is 18.8 Å². The van der Waals surface area contributed by atoms with Gasteiger partial charge in [0.25, 0.3) is 0 Å². The largest absolute Gasteiger partial charge is 0.314 e. The highest BCUT2D eigenvalue weighted by Gasteiger charge is 2.45. The number of fused-ring (bicyclic) bond motifs is 1. The van der Waals surface area contributed by atoms with E-state index < -0.39 is 5.41 Å². The molecule has 1 aliphatic rings. The van der Waals surface area contributed by atoms with Crippen molar-refractivity contribution in [2.24, 2.45) is 0 Å². The zero-order chi connectivity index (χ0) is 11.1. The van der Waals surface area contributed by atoms with Crippen LogP contribution in [0.25, 0.3) is 0 Å². The van der Waals surface area contributed by atoms with E-state index in [1.807, 2.05) is 31.2 Å². The minimum atomic E-state index is -0.674. The quantitative estimate of drug-likeness (QED) is 0.683. The van der Waals surface area contributed by atoms with Gasteiger partial charge in [-0.2, -0.15) is 0 Å². The van der Waals surface area contributed by atoms with E-state index >= 15 is 0 Å². The number of carbonyl (C=O) groups excluding carboxylic acids is 2. The summed E-state index contributed by atoms with van der Waals surface area (Å²) in [6, 6.07) is 7.62. The Bertz CT molecular complexity index is 427. The number of hydrogen-bond acceptors (Lipinski definition) is 2. The summed E-state index contributed by atoms with van der Waals surface area (Å²) in [5.74, 6) is -0.00389. The van der Waals surface area contributed by atoms with E-state index in [1.54, 1.807) is 11.9 Å². The monoisotopic (exact) mass is 203 g/mol. The lowest BCUT2D eigenvalue weighted by Gasteiger charge is -2.19. The molecule has 78 valence electrons. The molecule has 1 amide bonds. The molecule has 0 unspecified atom stereocenters. The molecule has 0 spiro atoms. The Kier molecular flexibility index (Phi) is 2.11. The molecule has 0 saturated heterocycles. The SMILES string of the molecule is CN1C(=O)[C@](C)(CC=O)c2ccccc21. The average Bonchev–Trinajstić information content (AvgIpc) is 2.43. The molecule has 3 heteroatoms. The summed E-state index contributed by atoms with van der Waals surface area (Å²) in [4.78, 5) is 24.3. The van der Waals surface area contributed by atoms with Crippen molar-refractivity contribution in [3.8, 4) is 0 Å². The van der Waals surface area contributed by atoms with Crippen LogP contribution in [-0.2, 0) is 15.0 Å². The Balaban J connectivity index is 2.60. The fourth-order valence-electron chi connectivity index (χ4n) is 2.19. The van der Waals surface area contributed by atoms with Crippen molar-refractivity contribution in [1.82, 2.24) is 0 Å². The van der Waals surface area contributed by atoms with E-state index in [4.69, 9.17) is 0 Å². The Morgan fingerprint density at radius 3 is 2.73 bits per heavy atom. The van der Waals surface area contributed by atoms with Crippen molar-refractivity contribution >= 4 is 17.9 Å². The molecular formula is C12H13NO2. The van der Waals surface area contributed by atoms with Crippen LogP contribution in [0.15, 0.2) is 24.3 Å². The van der Waals surface area contributed by atoms with Gasteiger partial charge in [-0.15, -0.1) is 0 Å². The molecule has 1 heterocycles. The van der Waals surface area contributed by atoms with Gasteiger partial charge in [0.05, 0.1) is 5.41 Å². The topological polar surface area (TPSA) is 37.4 Å². The second kappa shape index (κ2) is 3.19. The number of anilines is 1. The Hall–Kier alpha value is -1.64. The Morgan fingerprint density at radius 1 is 1.40 bits per heavy atom. The van der Waals surface area contributed by atoms with E-state index in [-0.39, 0.29) is 12.3 Å². The number of nitrogens with zero attached hydrogens (tertiary/aromatic N) is 1. The fourth-order valence-corrected chi connectivity index (χ4v) is 2.19. The number of benzene rings is 1. The highest BCUT2D eigenvalue weighted by atomic mass is 16.2. The van der Waals surface area contributed by atoms with Crippen LogP contribution in [0, 0.1) is 0 Å². The lowest BCUT2D eigenvalue weighted by atomic mass is 9.81. The molecule has 3 nitrogen and oxygen atoms in total. The molecule has 1 aromatic carbocycles. The zero-order valence-corrected chi connectivity index (χ0v) is 8.86. The van der Waals surface area contributed by atoms with Gasteiger partial charge in [0.1, 0.15) is 6.29 Å². The normalized spacial score (nSPS) is 24.1. The van der Waals surface area contributed by atoms with Gasteiger partial charge in [0.2, 0.25) is 5.91 Å². The molecule has 15 heavy (non-hydrogen) atoms. The summed E-state index contributed by atoms with van der Waals surface area (Å²) in [7, 11) is 1.75. The summed E-state index contributed by atoms with van der Waals surface area (Å²) in [6.45, 7) is 1.83. The van der Waals surface area contributed by atoms with Crippen molar-refractivity contribution < 1.29 is 9.59 Å². The zero-order valence-electron chi connectivity index (χ0n) is 8.86. The maximum Gasteiger partial charge on any atom is 0.237 e. The van der Waals surface area contributed by atoms with Gasteiger partial charge in [-0.05, 0) is 18.6 Å². The number of hydrogen-bond donors (Lipinski definition) is 0. The molecule has 1 atom stereocenters. The van der Waals surface area contributed by atoms with Gasteiger partial charge < -0.3 is 9.69 Å². The molecule has 2 rings (SSSR count). The first kappa shape index (κ1) is 9.90. The van der Waals surface area contributed by atoms with Gasteiger partial charge in [-0.25, -0.2) is 0 Å². The predicted octanol–water partition coefficient (Wildman–Crippen LogP) is 1.51. The van der Waals surface area contributed by atoms with Crippen LogP contribution in [0.1, 0.15) is 18.9 Å². The Morgan fingerprint density at radius 2 is 2.07 bits per heavy atom. The summed E-state index contributed by atoms with van der Waals surface area (Å²) < 4.78 is 0. The fraction of sp³-hybridized carbons (Fsp3) is 0.333. The Labute approximate surface area is 88.7 Å². The first-order valence-electron chi connectivity index (χ1n) is 4.92. The van der Waals surface area contributed by atoms with Crippen LogP contribution in [0.3, 0.4) is 0 Å². The van der Waals surface area contributed by atoms with Crippen molar-refractivity contribution in [3.63, 3.8) is 0 Å². The third-order valence-corrected chi connectivity index (χ3v) is 3.13. The predicted molar refractivity (Wildman–Crippen MR) is 57.9 cm³/mol. The number of aldehydes is 1. The summed E-state index contributed by atoms with van der Waals surface area (Å²) in [5.41, 5.74) is 1.18. The van der Waals surface area contributed by atoms with Crippen LogP contribution >= 0.6 is 0 Å². The van der Waals surface area contributed by atoms with Crippen molar-refractivity contribution in [3.05, 3.63) is 29.8 Å². The maximum atomic E-state index is 12.0. The number of amides is 1. The highest BCUT2D eigenvalue weighted by Crippen LogP contribution is 2.42. The van der Waals surface area contributed by atoms with Gasteiger partial charge >= 0.3 is 0 Å². The van der Waals surface area contributed by atoms with E-state index in [0.29, 0.717) is 0 Å². The van der Waals surface area contributed by atoms with Crippen LogP contribution < -0.4 is 4.90 Å². The lowest BCUT2D eigenvalue weighted by molar-refractivity contribution is -0.124. The molecule has 1 aliphatic heterocycles. The first-order valence-corrected chi connectivity index (χ1v) is 4.92. The van der Waals surface area contributed by atoms with Crippen LogP contribution in [-0.4, -0.2) is 19.2 Å². The summed E-state index contributed by atoms with van der Waals surface area (Å²) in [6.07, 6.45) is 1.06. The minimum Gasteiger partial charge on any atom is -0.314 e. The molecule has 0 radical (unpaired) electrons. The molecule has 1 aromatic rings. The number of carbonyl (C=O) groups is 2. The van der Waals surface area contributed by atoms with Crippen molar-refractivity contribution in [2.75, 3.05) is 11.9 Å². The van der Waals surface area contributed by atoms with E-state index in [9.17, 15) is 9.59 Å². The smallest absolute Gasteiger partial charge is 0.237 e. The molecule has 0 bridgehead atoms. The first-order chi connectivity index (χ1) is 7.11. The molecule has 0 aromatic heterocycles. The third-order valence-electron chi connectivity index (χ3n) is 3.13. The molecule has 0 saturated carbocycles. The molecular weight excluding hydrogens is 190 g/mol. The second-order valence-electron chi connectivity index (χ2n) is 4.08. The van der Waals surface area contributed by atoms with Crippen LogP contribution in [0.5, 0.6) is 0 Å². The average molecular weight is 203 g/mol. The van der Waals surface area contributed by atoms with Gasteiger partial charge in [0, 0.05) is 19.2 Å².